The van der Waals surface area contributed by atoms with Crippen LogP contribution in [0.25, 0.3) is 0 Å². The van der Waals surface area contributed by atoms with E-state index in [1.54, 1.807) is 0 Å². The molecule has 2 N–H and O–H groups in total. The summed E-state index contributed by atoms with van der Waals surface area (Å²) in [6.07, 6.45) is 14.6. The van der Waals surface area contributed by atoms with Gasteiger partial charge >= 0.3 is 0 Å². The second-order valence-electron chi connectivity index (χ2n) is 14.4. The molecule has 32 heavy (non-hydrogen) atoms. The molecule has 0 unspecified atom stereocenters. The summed E-state index contributed by atoms with van der Waals surface area (Å²) in [5.41, 5.74) is 0.0637. The van der Waals surface area contributed by atoms with Crippen molar-refractivity contribution in [2.75, 3.05) is 0 Å². The van der Waals surface area contributed by atoms with E-state index in [4.69, 9.17) is 0 Å². The van der Waals surface area contributed by atoms with Gasteiger partial charge in [-0.3, -0.25) is 0 Å². The first kappa shape index (κ1) is 25.0. The molecule has 10 atom stereocenters. The molecule has 0 aromatic rings. The largest absolute Gasteiger partial charge is 0.390 e. The van der Waals surface area contributed by atoms with Crippen molar-refractivity contribution in [2.24, 2.45) is 52.3 Å². The minimum Gasteiger partial charge on any atom is -0.390 e. The molecule has 0 saturated heterocycles. The SMILES string of the molecule is CC[C@]1(O)CC[C@@]2(C)[C@@H](CC[C@H]3[C@@H]4[C@H](C)C[C@H]([C@H](C)CCCC(C)(C)O)[C@@]4(C)CC[C@@H]32)C1. The zero-order chi connectivity index (χ0) is 23.5. The summed E-state index contributed by atoms with van der Waals surface area (Å²) < 4.78 is 0. The molecule has 0 amide bonds. The molecule has 4 saturated carbocycles. The van der Waals surface area contributed by atoms with E-state index < -0.39 is 5.60 Å². The highest BCUT2D eigenvalue weighted by Gasteiger charge is 2.63. The molecule has 0 aliphatic heterocycles. The maximum atomic E-state index is 11.1. The van der Waals surface area contributed by atoms with Crippen LogP contribution < -0.4 is 0 Å². The summed E-state index contributed by atoms with van der Waals surface area (Å²) in [6.45, 7) is 16.5. The number of fused-ring (bicyclic) bond motifs is 5. The lowest BCUT2D eigenvalue weighted by molar-refractivity contribution is -0.156. The lowest BCUT2D eigenvalue weighted by Gasteiger charge is -2.62. The van der Waals surface area contributed by atoms with E-state index in [1.807, 2.05) is 13.8 Å². The van der Waals surface area contributed by atoms with Gasteiger partial charge in [-0.05, 0) is 130 Å². The first-order valence-electron chi connectivity index (χ1n) is 14.3. The number of rotatable bonds is 6. The van der Waals surface area contributed by atoms with Gasteiger partial charge in [0.25, 0.3) is 0 Å². The van der Waals surface area contributed by atoms with Crippen LogP contribution in [0.1, 0.15) is 126 Å². The number of aliphatic hydroxyl groups is 2. The summed E-state index contributed by atoms with van der Waals surface area (Å²) in [6, 6.07) is 0. The van der Waals surface area contributed by atoms with Crippen molar-refractivity contribution < 1.29 is 10.2 Å². The van der Waals surface area contributed by atoms with Crippen LogP contribution in [0.15, 0.2) is 0 Å². The van der Waals surface area contributed by atoms with Crippen LogP contribution in [0.2, 0.25) is 0 Å². The van der Waals surface area contributed by atoms with Crippen molar-refractivity contribution in [3.8, 4) is 0 Å². The third-order valence-electron chi connectivity index (χ3n) is 12.0. The van der Waals surface area contributed by atoms with Gasteiger partial charge in [0.15, 0.2) is 0 Å². The van der Waals surface area contributed by atoms with Gasteiger partial charge in [0, 0.05) is 0 Å². The van der Waals surface area contributed by atoms with E-state index in [0.717, 1.165) is 73.5 Å². The van der Waals surface area contributed by atoms with Gasteiger partial charge in [-0.2, -0.15) is 0 Å². The smallest absolute Gasteiger partial charge is 0.0648 e. The molecule has 2 nitrogen and oxygen atoms in total. The summed E-state index contributed by atoms with van der Waals surface area (Å²) in [5.74, 6) is 5.90. The van der Waals surface area contributed by atoms with Gasteiger partial charge in [0.1, 0.15) is 0 Å². The maximum Gasteiger partial charge on any atom is 0.0648 e. The van der Waals surface area contributed by atoms with Gasteiger partial charge in [-0.15, -0.1) is 0 Å². The van der Waals surface area contributed by atoms with E-state index in [-0.39, 0.29) is 5.60 Å². The summed E-state index contributed by atoms with van der Waals surface area (Å²) in [5, 5.41) is 21.2. The van der Waals surface area contributed by atoms with E-state index in [2.05, 4.69) is 34.6 Å². The van der Waals surface area contributed by atoms with Crippen molar-refractivity contribution >= 4 is 0 Å². The van der Waals surface area contributed by atoms with Crippen LogP contribution in [0, 0.1) is 52.3 Å². The van der Waals surface area contributed by atoms with Gasteiger partial charge < -0.3 is 10.2 Å². The minimum atomic E-state index is -0.523. The van der Waals surface area contributed by atoms with E-state index in [1.165, 1.54) is 44.9 Å². The average molecular weight is 447 g/mol. The van der Waals surface area contributed by atoms with Crippen molar-refractivity contribution in [3.05, 3.63) is 0 Å². The van der Waals surface area contributed by atoms with E-state index in [0.29, 0.717) is 10.8 Å². The van der Waals surface area contributed by atoms with Crippen molar-refractivity contribution in [1.29, 1.82) is 0 Å². The second-order valence-corrected chi connectivity index (χ2v) is 14.4. The first-order valence-corrected chi connectivity index (χ1v) is 14.3. The zero-order valence-corrected chi connectivity index (χ0v) is 22.4. The molecule has 0 spiro atoms. The lowest BCUT2D eigenvalue weighted by Crippen LogP contribution is -2.56. The van der Waals surface area contributed by atoms with Gasteiger partial charge in [0.05, 0.1) is 11.2 Å². The molecular formula is C30H54O2. The summed E-state index contributed by atoms with van der Waals surface area (Å²) in [4.78, 5) is 0. The fraction of sp³-hybridized carbons (Fsp3) is 1.00. The third kappa shape index (κ3) is 4.23. The zero-order valence-electron chi connectivity index (χ0n) is 22.4. The molecule has 4 rings (SSSR count). The van der Waals surface area contributed by atoms with Crippen molar-refractivity contribution in [2.45, 2.75) is 137 Å². The number of hydrogen-bond acceptors (Lipinski definition) is 2. The quantitative estimate of drug-likeness (QED) is 0.441. The Bertz CT molecular complexity index is 666. The van der Waals surface area contributed by atoms with Crippen LogP contribution in [0.3, 0.4) is 0 Å². The average Bonchev–Trinajstić information content (AvgIpc) is 2.98. The predicted octanol–water partition coefficient (Wildman–Crippen LogP) is 7.61. The Balaban J connectivity index is 1.49. The van der Waals surface area contributed by atoms with Crippen molar-refractivity contribution in [1.82, 2.24) is 0 Å². The Morgan fingerprint density at radius 3 is 2.41 bits per heavy atom. The first-order chi connectivity index (χ1) is 14.8. The fourth-order valence-corrected chi connectivity index (χ4v) is 10.2. The fourth-order valence-electron chi connectivity index (χ4n) is 10.2. The van der Waals surface area contributed by atoms with Crippen LogP contribution in [-0.2, 0) is 0 Å². The highest BCUT2D eigenvalue weighted by atomic mass is 16.3. The molecule has 0 radical (unpaired) electrons. The van der Waals surface area contributed by atoms with Gasteiger partial charge in [-0.1, -0.05) is 47.5 Å². The normalized spacial score (nSPS) is 49.8. The monoisotopic (exact) mass is 446 g/mol. The van der Waals surface area contributed by atoms with Crippen LogP contribution >= 0.6 is 0 Å². The molecule has 0 bridgehead atoms. The molecule has 4 aliphatic carbocycles. The Morgan fingerprint density at radius 2 is 1.75 bits per heavy atom. The molecule has 0 heterocycles. The summed E-state index contributed by atoms with van der Waals surface area (Å²) in [7, 11) is 0. The second kappa shape index (κ2) is 8.54. The number of hydrogen-bond donors (Lipinski definition) is 2. The minimum absolute atomic E-state index is 0.384. The maximum absolute atomic E-state index is 11.1. The lowest BCUT2D eigenvalue weighted by atomic mass is 9.43. The Labute approximate surface area is 199 Å². The Morgan fingerprint density at radius 1 is 1.03 bits per heavy atom. The molecule has 4 aliphatic rings. The molecule has 4 fully saturated rings. The van der Waals surface area contributed by atoms with Crippen molar-refractivity contribution in [3.63, 3.8) is 0 Å². The van der Waals surface area contributed by atoms with Gasteiger partial charge in [0.2, 0.25) is 0 Å². The summed E-state index contributed by atoms with van der Waals surface area (Å²) >= 11 is 0. The van der Waals surface area contributed by atoms with Crippen LogP contribution in [0.5, 0.6) is 0 Å². The Hall–Kier alpha value is -0.0800. The topological polar surface area (TPSA) is 40.5 Å². The molecular weight excluding hydrogens is 392 g/mol. The molecule has 0 aromatic heterocycles. The predicted molar refractivity (Wildman–Crippen MR) is 134 cm³/mol. The molecule has 186 valence electrons. The Kier molecular flexibility index (Phi) is 6.68. The van der Waals surface area contributed by atoms with E-state index >= 15 is 0 Å². The van der Waals surface area contributed by atoms with Crippen LogP contribution in [-0.4, -0.2) is 21.4 Å². The third-order valence-corrected chi connectivity index (χ3v) is 12.0. The van der Waals surface area contributed by atoms with Crippen LogP contribution in [0.4, 0.5) is 0 Å². The van der Waals surface area contributed by atoms with E-state index in [9.17, 15) is 10.2 Å². The highest BCUT2D eigenvalue weighted by molar-refractivity contribution is 5.12. The molecule has 0 aromatic carbocycles. The standard InChI is InChI=1S/C30H54O2/c1-8-30(32)17-16-28(6)22(19-30)11-12-23-24(28)13-15-29(7)25(18-21(3)26(23)29)20(2)10-9-14-27(4,5)31/h20-26,31-32H,8-19H2,1-7H3/t20-,21-,22+,23-,24+,25-,26+,28+,29-,30+/m1/s1. The van der Waals surface area contributed by atoms with Gasteiger partial charge in [-0.25, -0.2) is 0 Å². The highest BCUT2D eigenvalue weighted by Crippen LogP contribution is 2.70. The molecule has 2 heteroatoms.